The van der Waals surface area contributed by atoms with Crippen molar-refractivity contribution < 1.29 is 37.4 Å². The molecular formula is C18H21F2N3O6. The first kappa shape index (κ1) is 22.1. The van der Waals surface area contributed by atoms with E-state index in [0.29, 0.717) is 11.3 Å². The van der Waals surface area contributed by atoms with E-state index < -0.39 is 48.6 Å². The summed E-state index contributed by atoms with van der Waals surface area (Å²) in [6.45, 7) is 0.755. The molecule has 1 fully saturated rings. The number of nitrogens with one attached hydrogen (secondary N) is 2. The van der Waals surface area contributed by atoms with Crippen LogP contribution in [0.2, 0.25) is 0 Å². The second kappa shape index (κ2) is 8.84. The molecule has 11 heteroatoms. The van der Waals surface area contributed by atoms with E-state index >= 15 is 0 Å². The summed E-state index contributed by atoms with van der Waals surface area (Å²) < 4.78 is 34.1. The van der Waals surface area contributed by atoms with Crippen molar-refractivity contribution >= 4 is 29.5 Å². The molecule has 0 unspecified atom stereocenters. The fourth-order valence-corrected chi connectivity index (χ4v) is 2.55. The van der Waals surface area contributed by atoms with Gasteiger partial charge in [-0.2, -0.15) is 8.78 Å². The maximum Gasteiger partial charge on any atom is 0.387 e. The number of para-hydroxylation sites is 2. The van der Waals surface area contributed by atoms with Gasteiger partial charge in [-0.25, -0.2) is 4.79 Å². The summed E-state index contributed by atoms with van der Waals surface area (Å²) in [7, 11) is 0. The highest BCUT2D eigenvalue weighted by molar-refractivity contribution is 6.08. The molecule has 0 spiro atoms. The number of hydrogen-bond acceptors (Lipinski definition) is 6. The Kier molecular flexibility index (Phi) is 6.72. The third-order valence-electron chi connectivity index (χ3n) is 4.38. The third-order valence-corrected chi connectivity index (χ3v) is 4.38. The maximum atomic E-state index is 12.4. The largest absolute Gasteiger partial charge is 0.451 e. The van der Waals surface area contributed by atoms with E-state index in [4.69, 9.17) is 4.74 Å². The minimum Gasteiger partial charge on any atom is -0.451 e. The highest BCUT2D eigenvalue weighted by atomic mass is 19.3. The molecule has 4 amide bonds. The van der Waals surface area contributed by atoms with Crippen molar-refractivity contribution in [2.75, 3.05) is 11.9 Å². The van der Waals surface area contributed by atoms with Crippen LogP contribution < -0.4 is 15.4 Å². The van der Waals surface area contributed by atoms with E-state index in [2.05, 4.69) is 15.4 Å². The number of amides is 4. The molecule has 0 bridgehead atoms. The SMILES string of the molecule is CC[C@@]1(C)NC(=O)N(CC(=O)O[C@H](C)C(=O)Nc2ccccc2OC(F)F)C1=O. The number of alkyl halides is 2. The number of carbonyl (C=O) groups excluding carboxylic acids is 4. The highest BCUT2D eigenvalue weighted by Crippen LogP contribution is 2.26. The average molecular weight is 413 g/mol. The molecule has 1 aliphatic rings. The van der Waals surface area contributed by atoms with Crippen molar-refractivity contribution in [3.8, 4) is 5.75 Å². The van der Waals surface area contributed by atoms with E-state index in [1.807, 2.05) is 0 Å². The van der Waals surface area contributed by atoms with Crippen LogP contribution in [0, 0.1) is 0 Å². The van der Waals surface area contributed by atoms with Crippen LogP contribution in [0.15, 0.2) is 24.3 Å². The standard InChI is InChI=1S/C18H21F2N3O6/c1-4-18(3)15(26)23(17(27)22-18)9-13(24)28-10(2)14(25)21-11-7-5-6-8-12(11)29-16(19)20/h5-8,10,16H,4,9H2,1-3H3,(H,21,25)(H,22,27)/t10-,18-/m1/s1. The quantitative estimate of drug-likeness (QED) is 0.497. The Morgan fingerprint density at radius 1 is 1.28 bits per heavy atom. The highest BCUT2D eigenvalue weighted by Gasteiger charge is 2.47. The van der Waals surface area contributed by atoms with E-state index in [-0.39, 0.29) is 11.4 Å². The second-order valence-electron chi connectivity index (χ2n) is 6.50. The molecule has 1 aromatic rings. The smallest absolute Gasteiger partial charge is 0.387 e. The number of anilines is 1. The zero-order valence-corrected chi connectivity index (χ0v) is 16.0. The van der Waals surface area contributed by atoms with Gasteiger partial charge in [0.25, 0.3) is 11.8 Å². The lowest BCUT2D eigenvalue weighted by molar-refractivity contribution is -0.155. The minimum atomic E-state index is -3.08. The topological polar surface area (TPSA) is 114 Å². The lowest BCUT2D eigenvalue weighted by Gasteiger charge is -2.19. The molecule has 1 aromatic carbocycles. The fourth-order valence-electron chi connectivity index (χ4n) is 2.55. The van der Waals surface area contributed by atoms with Crippen LogP contribution in [-0.4, -0.2) is 53.5 Å². The Labute approximate surface area is 165 Å². The number of hydrogen-bond donors (Lipinski definition) is 2. The molecule has 2 N–H and O–H groups in total. The van der Waals surface area contributed by atoms with Gasteiger partial charge in [-0.15, -0.1) is 0 Å². The lowest BCUT2D eigenvalue weighted by Crippen LogP contribution is -2.44. The van der Waals surface area contributed by atoms with Crippen molar-refractivity contribution in [2.24, 2.45) is 0 Å². The normalized spacial score (nSPS) is 19.7. The first-order valence-electron chi connectivity index (χ1n) is 8.75. The van der Waals surface area contributed by atoms with E-state index in [9.17, 15) is 28.0 Å². The van der Waals surface area contributed by atoms with E-state index in [0.717, 1.165) is 0 Å². The summed E-state index contributed by atoms with van der Waals surface area (Å²) in [4.78, 5) is 49.2. The van der Waals surface area contributed by atoms with Gasteiger partial charge in [0.15, 0.2) is 6.10 Å². The number of rotatable bonds is 8. The Morgan fingerprint density at radius 2 is 1.93 bits per heavy atom. The monoisotopic (exact) mass is 413 g/mol. The van der Waals surface area contributed by atoms with Gasteiger partial charge < -0.3 is 20.1 Å². The number of urea groups is 1. The molecule has 0 aliphatic carbocycles. The van der Waals surface area contributed by atoms with E-state index in [1.54, 1.807) is 6.92 Å². The second-order valence-corrected chi connectivity index (χ2v) is 6.50. The summed E-state index contributed by atoms with van der Waals surface area (Å²) in [6.07, 6.45) is -0.984. The number of benzene rings is 1. The first-order chi connectivity index (χ1) is 13.6. The van der Waals surface area contributed by atoms with Gasteiger partial charge >= 0.3 is 18.6 Å². The number of halogens is 2. The van der Waals surface area contributed by atoms with Crippen LogP contribution in [0.5, 0.6) is 5.75 Å². The predicted octanol–water partition coefficient (Wildman–Crippen LogP) is 1.88. The average Bonchev–Trinajstić information content (AvgIpc) is 2.86. The first-order valence-corrected chi connectivity index (χ1v) is 8.75. The lowest BCUT2D eigenvalue weighted by atomic mass is 9.99. The van der Waals surface area contributed by atoms with Crippen molar-refractivity contribution in [1.29, 1.82) is 0 Å². The molecule has 1 saturated heterocycles. The van der Waals surface area contributed by atoms with Gasteiger partial charge in [0, 0.05) is 0 Å². The van der Waals surface area contributed by atoms with Gasteiger partial charge in [0.2, 0.25) is 0 Å². The van der Waals surface area contributed by atoms with E-state index in [1.165, 1.54) is 38.1 Å². The van der Waals surface area contributed by atoms with Gasteiger partial charge in [-0.05, 0) is 32.4 Å². The van der Waals surface area contributed by atoms with Crippen LogP contribution >= 0.6 is 0 Å². The van der Waals surface area contributed by atoms with Crippen molar-refractivity contribution in [3.63, 3.8) is 0 Å². The Bertz CT molecular complexity index is 819. The van der Waals surface area contributed by atoms with Crippen molar-refractivity contribution in [2.45, 2.75) is 45.4 Å². The number of carbonyl (C=O) groups is 4. The molecule has 0 saturated carbocycles. The number of imide groups is 1. The van der Waals surface area contributed by atoms with Gasteiger partial charge in [-0.1, -0.05) is 19.1 Å². The van der Waals surface area contributed by atoms with Crippen LogP contribution in [-0.2, 0) is 19.1 Å². The Morgan fingerprint density at radius 3 is 2.52 bits per heavy atom. The van der Waals surface area contributed by atoms with Crippen LogP contribution in [0.25, 0.3) is 0 Å². The Hall–Kier alpha value is -3.24. The predicted molar refractivity (Wildman–Crippen MR) is 96.2 cm³/mol. The Balaban J connectivity index is 1.96. The molecule has 0 aromatic heterocycles. The molecule has 2 atom stereocenters. The summed E-state index contributed by atoms with van der Waals surface area (Å²) in [5.74, 6) is -2.61. The maximum absolute atomic E-state index is 12.4. The molecule has 1 aliphatic heterocycles. The molecule has 9 nitrogen and oxygen atoms in total. The minimum absolute atomic E-state index is 0.0338. The summed E-state index contributed by atoms with van der Waals surface area (Å²) in [5, 5.41) is 4.81. The molecule has 0 radical (unpaired) electrons. The van der Waals surface area contributed by atoms with Crippen LogP contribution in [0.1, 0.15) is 27.2 Å². The van der Waals surface area contributed by atoms with Gasteiger partial charge in [0.1, 0.15) is 17.8 Å². The molecular weight excluding hydrogens is 392 g/mol. The van der Waals surface area contributed by atoms with Gasteiger partial charge in [0.05, 0.1) is 5.69 Å². The number of nitrogens with zero attached hydrogens (tertiary/aromatic N) is 1. The summed E-state index contributed by atoms with van der Waals surface area (Å²) in [6, 6.07) is 4.78. The van der Waals surface area contributed by atoms with Crippen LogP contribution in [0.3, 0.4) is 0 Å². The van der Waals surface area contributed by atoms with Gasteiger partial charge in [-0.3, -0.25) is 19.3 Å². The fraction of sp³-hybridized carbons (Fsp3) is 0.444. The third kappa shape index (κ3) is 5.18. The zero-order chi connectivity index (χ0) is 21.8. The molecule has 1 heterocycles. The molecule has 158 valence electrons. The van der Waals surface area contributed by atoms with Crippen molar-refractivity contribution in [3.05, 3.63) is 24.3 Å². The van der Waals surface area contributed by atoms with Crippen molar-refractivity contribution in [1.82, 2.24) is 10.2 Å². The molecule has 2 rings (SSSR count). The number of ether oxygens (including phenoxy) is 2. The molecule has 29 heavy (non-hydrogen) atoms. The zero-order valence-electron chi connectivity index (χ0n) is 16.0. The van der Waals surface area contributed by atoms with Crippen LogP contribution in [0.4, 0.5) is 19.3 Å². The number of esters is 1. The summed E-state index contributed by atoms with van der Waals surface area (Å²) >= 11 is 0. The summed E-state index contributed by atoms with van der Waals surface area (Å²) in [5.41, 5.74) is -1.14.